The number of cyclic esters (lactones) is 1. The molecule has 0 saturated carbocycles. The molecular weight excluding hydrogens is 444 g/mol. The minimum atomic E-state index is -0.535. The number of rotatable bonds is 9. The number of hydrogen-bond acceptors (Lipinski definition) is 6. The number of aliphatic imine (C=N–C) groups is 1. The van der Waals surface area contributed by atoms with E-state index in [0.29, 0.717) is 36.0 Å². The van der Waals surface area contributed by atoms with Gasteiger partial charge in [0.2, 0.25) is 11.8 Å². The van der Waals surface area contributed by atoms with Gasteiger partial charge in [0.25, 0.3) is 0 Å². The van der Waals surface area contributed by atoms with Crippen LogP contribution < -0.4 is 14.8 Å². The summed E-state index contributed by atoms with van der Waals surface area (Å²) in [6.07, 6.45) is 2.44. The summed E-state index contributed by atoms with van der Waals surface area (Å²) in [7, 11) is 0. The Morgan fingerprint density at radius 3 is 2.49 bits per heavy atom. The fraction of sp³-hybridized carbons (Fsp3) is 0.179. The highest BCUT2D eigenvalue weighted by molar-refractivity contribution is 6.13. The molecule has 0 bridgehead atoms. The van der Waals surface area contributed by atoms with E-state index in [4.69, 9.17) is 14.2 Å². The van der Waals surface area contributed by atoms with Gasteiger partial charge in [-0.25, -0.2) is 9.79 Å². The summed E-state index contributed by atoms with van der Waals surface area (Å²) in [5, 5.41) is 2.69. The first-order valence-corrected chi connectivity index (χ1v) is 11.4. The van der Waals surface area contributed by atoms with Crippen molar-refractivity contribution < 1.29 is 23.8 Å². The minimum Gasteiger partial charge on any atom is -0.490 e. The van der Waals surface area contributed by atoms with E-state index in [9.17, 15) is 9.59 Å². The third-order valence-corrected chi connectivity index (χ3v) is 5.13. The van der Waals surface area contributed by atoms with Crippen LogP contribution in [0.5, 0.6) is 11.5 Å². The fourth-order valence-corrected chi connectivity index (χ4v) is 3.52. The summed E-state index contributed by atoms with van der Waals surface area (Å²) in [6.45, 7) is 4.34. The van der Waals surface area contributed by atoms with Crippen LogP contribution in [0.25, 0.3) is 6.08 Å². The number of anilines is 1. The van der Waals surface area contributed by atoms with Crippen LogP contribution in [-0.4, -0.2) is 31.0 Å². The molecule has 0 spiro atoms. The van der Waals surface area contributed by atoms with Crippen molar-refractivity contribution in [3.8, 4) is 11.5 Å². The number of esters is 1. The largest absolute Gasteiger partial charge is 0.490 e. The van der Waals surface area contributed by atoms with Gasteiger partial charge in [-0.05, 0) is 60.5 Å². The average Bonchev–Trinajstić information content (AvgIpc) is 3.21. The monoisotopic (exact) mass is 470 g/mol. The predicted octanol–water partition coefficient (Wildman–Crippen LogP) is 5.01. The summed E-state index contributed by atoms with van der Waals surface area (Å²) in [6, 6.07) is 22.5. The number of hydrogen-bond donors (Lipinski definition) is 1. The van der Waals surface area contributed by atoms with Crippen LogP contribution in [0.2, 0.25) is 0 Å². The SMILES string of the molecule is CCOc1cc(/C=C2\N=C(c3ccc(NC(C)=O)cc3)OC2=O)ccc1OCCc1ccccc1. The van der Waals surface area contributed by atoms with Crippen LogP contribution in [-0.2, 0) is 20.7 Å². The fourth-order valence-electron chi connectivity index (χ4n) is 3.52. The maximum atomic E-state index is 12.4. The molecule has 7 nitrogen and oxygen atoms in total. The van der Waals surface area contributed by atoms with E-state index >= 15 is 0 Å². The Hall–Kier alpha value is -4.39. The van der Waals surface area contributed by atoms with Gasteiger partial charge in [-0.15, -0.1) is 0 Å². The second kappa shape index (κ2) is 11.2. The summed E-state index contributed by atoms with van der Waals surface area (Å²) < 4.78 is 17.1. The predicted molar refractivity (Wildman–Crippen MR) is 135 cm³/mol. The Morgan fingerprint density at radius 1 is 1.00 bits per heavy atom. The Labute approximate surface area is 204 Å². The average molecular weight is 471 g/mol. The summed E-state index contributed by atoms with van der Waals surface area (Å²) in [5.41, 5.74) is 3.41. The van der Waals surface area contributed by atoms with Crippen LogP contribution in [0.3, 0.4) is 0 Å². The molecule has 3 aromatic rings. The molecule has 0 radical (unpaired) electrons. The standard InChI is InChI=1S/C28H26N2O5/c1-3-33-26-18-21(9-14-25(26)34-16-15-20-7-5-4-6-8-20)17-24-28(32)35-27(30-24)22-10-12-23(13-11-22)29-19(2)31/h4-14,17-18H,3,15-16H2,1-2H3,(H,29,31)/b24-17-. The highest BCUT2D eigenvalue weighted by Crippen LogP contribution is 2.30. The Kier molecular flexibility index (Phi) is 7.57. The third-order valence-electron chi connectivity index (χ3n) is 5.13. The first-order chi connectivity index (χ1) is 17.0. The number of nitrogens with one attached hydrogen (secondary N) is 1. The molecule has 0 aliphatic carbocycles. The molecule has 0 fully saturated rings. The Balaban J connectivity index is 1.48. The number of amides is 1. The molecule has 7 heteroatoms. The zero-order chi connectivity index (χ0) is 24.6. The summed E-state index contributed by atoms with van der Waals surface area (Å²) in [5.74, 6) is 0.752. The molecule has 1 aliphatic rings. The van der Waals surface area contributed by atoms with Crippen molar-refractivity contribution in [1.29, 1.82) is 0 Å². The van der Waals surface area contributed by atoms with Crippen molar-refractivity contribution in [3.63, 3.8) is 0 Å². The van der Waals surface area contributed by atoms with Crippen molar-refractivity contribution in [2.24, 2.45) is 4.99 Å². The van der Waals surface area contributed by atoms with Crippen molar-refractivity contribution in [2.45, 2.75) is 20.3 Å². The smallest absolute Gasteiger partial charge is 0.363 e. The molecule has 3 aromatic carbocycles. The van der Waals surface area contributed by atoms with Crippen LogP contribution in [0.4, 0.5) is 5.69 Å². The van der Waals surface area contributed by atoms with Crippen LogP contribution in [0.1, 0.15) is 30.5 Å². The molecule has 0 saturated heterocycles. The van der Waals surface area contributed by atoms with Gasteiger partial charge in [0.05, 0.1) is 13.2 Å². The molecule has 35 heavy (non-hydrogen) atoms. The van der Waals surface area contributed by atoms with Gasteiger partial charge in [-0.2, -0.15) is 0 Å². The van der Waals surface area contributed by atoms with E-state index in [-0.39, 0.29) is 17.5 Å². The van der Waals surface area contributed by atoms with Gasteiger partial charge in [-0.1, -0.05) is 36.4 Å². The summed E-state index contributed by atoms with van der Waals surface area (Å²) in [4.78, 5) is 27.9. The van der Waals surface area contributed by atoms with E-state index in [2.05, 4.69) is 22.4 Å². The van der Waals surface area contributed by atoms with E-state index in [0.717, 1.165) is 12.0 Å². The number of benzene rings is 3. The second-order valence-electron chi connectivity index (χ2n) is 7.82. The van der Waals surface area contributed by atoms with Crippen molar-refractivity contribution in [3.05, 3.63) is 95.2 Å². The normalized spacial score (nSPS) is 13.8. The van der Waals surface area contributed by atoms with Gasteiger partial charge in [0.1, 0.15) is 0 Å². The van der Waals surface area contributed by atoms with Crippen molar-refractivity contribution in [1.82, 2.24) is 0 Å². The lowest BCUT2D eigenvalue weighted by atomic mass is 10.1. The molecule has 0 atom stereocenters. The lowest BCUT2D eigenvalue weighted by molar-refractivity contribution is -0.129. The first-order valence-electron chi connectivity index (χ1n) is 11.4. The lowest BCUT2D eigenvalue weighted by Gasteiger charge is -2.12. The summed E-state index contributed by atoms with van der Waals surface area (Å²) >= 11 is 0. The quantitative estimate of drug-likeness (QED) is 0.351. The molecule has 1 amide bonds. The maximum Gasteiger partial charge on any atom is 0.363 e. The van der Waals surface area contributed by atoms with Gasteiger partial charge in [0, 0.05) is 24.6 Å². The molecule has 0 unspecified atom stereocenters. The molecule has 1 aliphatic heterocycles. The van der Waals surface area contributed by atoms with Crippen molar-refractivity contribution >= 4 is 29.5 Å². The first kappa shape index (κ1) is 23.8. The van der Waals surface area contributed by atoms with E-state index < -0.39 is 5.97 Å². The molecule has 1 heterocycles. The number of carbonyl (C=O) groups is 2. The molecule has 4 rings (SSSR count). The molecular formula is C28H26N2O5. The number of carbonyl (C=O) groups excluding carboxylic acids is 2. The topological polar surface area (TPSA) is 86.2 Å². The second-order valence-corrected chi connectivity index (χ2v) is 7.82. The van der Waals surface area contributed by atoms with E-state index in [1.807, 2.05) is 43.3 Å². The van der Waals surface area contributed by atoms with Gasteiger partial charge in [0.15, 0.2) is 17.2 Å². The van der Waals surface area contributed by atoms with Crippen LogP contribution in [0.15, 0.2) is 83.5 Å². The van der Waals surface area contributed by atoms with Gasteiger partial charge < -0.3 is 19.5 Å². The minimum absolute atomic E-state index is 0.161. The Morgan fingerprint density at radius 2 is 1.77 bits per heavy atom. The molecule has 1 N–H and O–H groups in total. The van der Waals surface area contributed by atoms with Crippen molar-refractivity contribution in [2.75, 3.05) is 18.5 Å². The van der Waals surface area contributed by atoms with Gasteiger partial charge >= 0.3 is 5.97 Å². The maximum absolute atomic E-state index is 12.4. The van der Waals surface area contributed by atoms with E-state index in [1.54, 1.807) is 30.3 Å². The highest BCUT2D eigenvalue weighted by atomic mass is 16.6. The third kappa shape index (κ3) is 6.35. The van der Waals surface area contributed by atoms with E-state index in [1.165, 1.54) is 12.5 Å². The number of nitrogens with zero attached hydrogens (tertiary/aromatic N) is 1. The molecule has 178 valence electrons. The number of ether oxygens (including phenoxy) is 3. The highest BCUT2D eigenvalue weighted by Gasteiger charge is 2.24. The zero-order valence-corrected chi connectivity index (χ0v) is 19.6. The Bertz CT molecular complexity index is 1260. The van der Waals surface area contributed by atoms with Gasteiger partial charge in [-0.3, -0.25) is 4.79 Å². The zero-order valence-electron chi connectivity index (χ0n) is 19.6. The lowest BCUT2D eigenvalue weighted by Crippen LogP contribution is -2.07. The van der Waals surface area contributed by atoms with Crippen LogP contribution in [0, 0.1) is 0 Å². The molecule has 0 aromatic heterocycles. The van der Waals surface area contributed by atoms with Crippen LogP contribution >= 0.6 is 0 Å².